The van der Waals surface area contributed by atoms with Crippen molar-refractivity contribution in [2.45, 2.75) is 194 Å². The molecule has 26 heteroatoms. The van der Waals surface area contributed by atoms with E-state index in [0.29, 0.717) is 105 Å². The van der Waals surface area contributed by atoms with Crippen molar-refractivity contribution in [3.05, 3.63) is 321 Å². The first-order valence-corrected chi connectivity index (χ1v) is 53.9. The molecule has 0 radical (unpaired) electrons. The highest BCUT2D eigenvalue weighted by atomic mass is 16.5. The molecule has 778 valence electrons. The first-order valence-electron chi connectivity index (χ1n) is 53.9. The molecule has 5 saturated heterocycles. The third-order valence-corrected chi connectivity index (χ3v) is 30.2. The molecule has 5 amide bonds. The lowest BCUT2D eigenvalue weighted by Crippen LogP contribution is -2.37. The maximum absolute atomic E-state index is 12.7. The first kappa shape index (κ1) is 107. The Hall–Kier alpha value is -13.8. The molecule has 8 N–H and O–H groups in total. The predicted molar refractivity (Wildman–Crippen MR) is 585 cm³/mol. The van der Waals surface area contributed by atoms with E-state index in [9.17, 15) is 39.3 Å². The summed E-state index contributed by atoms with van der Waals surface area (Å²) in [4.78, 5) is 85.8. The fourth-order valence-corrected chi connectivity index (χ4v) is 21.8. The lowest BCUT2D eigenvalue weighted by Gasteiger charge is -2.36. The van der Waals surface area contributed by atoms with Crippen LogP contribution in [0.25, 0.3) is 27.9 Å². The lowest BCUT2D eigenvalue weighted by molar-refractivity contribution is 0.0759. The minimum Gasteiger partial charge on any atom is -0.507 e. The number of carbonyl (C=O) groups is 5. The van der Waals surface area contributed by atoms with Crippen molar-refractivity contribution in [2.75, 3.05) is 131 Å². The number of ether oxygens (including phenoxy) is 5. The summed E-state index contributed by atoms with van der Waals surface area (Å²) in [6.45, 7) is 36.1. The molecule has 148 heavy (non-hydrogen) atoms. The number of rotatable bonds is 20. The average Bonchev–Trinajstić information content (AvgIpc) is 0.742. The minimum absolute atomic E-state index is 0.0192. The highest BCUT2D eigenvalue weighted by molar-refractivity contribution is 5.99. The number of para-hydroxylation sites is 3. The SMILES string of the molecule is CCN(CC)C(=O)c1ccc(C2=CC3(CCCNCC3)Oc3cccc(O)c32)cc1.CCN(CC)C(=O)c1ccc(C2=CC3(CCCNCC3)Oc3cccc(O)c32)cn1.CCN(CC)C(=O)c1ccc(C2=CC3(CCCNCC3)Oc3ccccc32)c(O)c1.CCN(CC)C(=O)c1ccc(C2=CC3(CCCNCC3)Oc3ccccc32)cn1.CCN(CC)C(=O)c1ccc(C2=CC3(CCCNCC3)Oc3ccccc32)nc1. The fourth-order valence-electron chi connectivity index (χ4n) is 21.8. The zero-order chi connectivity index (χ0) is 104. The van der Waals surface area contributed by atoms with Gasteiger partial charge in [0.2, 0.25) is 0 Å². The van der Waals surface area contributed by atoms with E-state index in [-0.39, 0.29) is 69.2 Å². The molecule has 0 saturated carbocycles. The van der Waals surface area contributed by atoms with Crippen molar-refractivity contribution in [3.8, 4) is 46.0 Å². The van der Waals surface area contributed by atoms with Gasteiger partial charge in [0.05, 0.1) is 22.4 Å². The van der Waals surface area contributed by atoms with Crippen molar-refractivity contribution in [2.24, 2.45) is 0 Å². The summed E-state index contributed by atoms with van der Waals surface area (Å²) >= 11 is 0. The number of fused-ring (bicyclic) bond motifs is 5. The van der Waals surface area contributed by atoms with Crippen LogP contribution in [0.2, 0.25) is 0 Å². The van der Waals surface area contributed by atoms with Gasteiger partial charge in [-0.3, -0.25) is 38.9 Å². The predicted octanol–water partition coefficient (Wildman–Crippen LogP) is 19.8. The van der Waals surface area contributed by atoms with Crippen LogP contribution in [0.15, 0.2) is 237 Å². The van der Waals surface area contributed by atoms with E-state index in [1.54, 1.807) is 51.4 Å². The molecule has 13 heterocycles. The zero-order valence-electron chi connectivity index (χ0n) is 87.8. The maximum atomic E-state index is 12.7. The van der Waals surface area contributed by atoms with E-state index in [2.05, 4.69) is 84.0 Å². The summed E-state index contributed by atoms with van der Waals surface area (Å²) in [6.07, 6.45) is 30.8. The van der Waals surface area contributed by atoms with Gasteiger partial charge in [-0.25, -0.2) is 0 Å². The number of nitrogens with one attached hydrogen (secondary N) is 5. The summed E-state index contributed by atoms with van der Waals surface area (Å²) in [6, 6.07) is 59.6. The van der Waals surface area contributed by atoms with E-state index in [1.165, 1.54) is 0 Å². The number of benzene rings is 7. The summed E-state index contributed by atoms with van der Waals surface area (Å²) in [5.74, 6) is 4.54. The van der Waals surface area contributed by atoms with Gasteiger partial charge in [0, 0.05) is 166 Å². The monoisotopic (exact) mass is 2000 g/mol. The fraction of sp³-hybridized carbons (Fsp3) is 0.410. The van der Waals surface area contributed by atoms with E-state index < -0.39 is 5.60 Å². The molecule has 3 aromatic heterocycles. The Bertz CT molecular complexity index is 6070. The number of aromatic nitrogens is 3. The largest absolute Gasteiger partial charge is 0.507 e. The van der Waals surface area contributed by atoms with Crippen molar-refractivity contribution in [3.63, 3.8) is 0 Å². The summed E-state index contributed by atoms with van der Waals surface area (Å²) in [5.41, 5.74) is 15.1. The van der Waals surface area contributed by atoms with Gasteiger partial charge in [-0.2, -0.15) is 0 Å². The number of carbonyl (C=O) groups excluding carboxylic acids is 5. The third kappa shape index (κ3) is 24.4. The Morgan fingerprint density at radius 2 is 0.581 bits per heavy atom. The van der Waals surface area contributed by atoms with Crippen molar-refractivity contribution >= 4 is 57.4 Å². The molecular weight excluding hydrogens is 1860 g/mol. The van der Waals surface area contributed by atoms with Gasteiger partial charge >= 0.3 is 0 Å². The number of amides is 5. The van der Waals surface area contributed by atoms with Crippen LogP contribution in [0.4, 0.5) is 0 Å². The smallest absolute Gasteiger partial charge is 0.272 e. The number of hydrogen-bond acceptors (Lipinski definition) is 21. The number of pyridine rings is 3. The van der Waals surface area contributed by atoms with E-state index in [4.69, 9.17) is 23.7 Å². The summed E-state index contributed by atoms with van der Waals surface area (Å²) < 4.78 is 32.4. The number of aromatic hydroxyl groups is 3. The molecule has 0 bridgehead atoms. The van der Waals surface area contributed by atoms with Crippen molar-refractivity contribution in [1.82, 2.24) is 66.0 Å². The molecular formula is C122H147N13O13. The van der Waals surface area contributed by atoms with E-state index >= 15 is 0 Å². The molecule has 10 aliphatic rings. The summed E-state index contributed by atoms with van der Waals surface area (Å²) in [7, 11) is 0. The molecule has 26 nitrogen and oxygen atoms in total. The second-order valence-electron chi connectivity index (χ2n) is 39.4. The average molecular weight is 2000 g/mol. The second-order valence-corrected chi connectivity index (χ2v) is 39.4. The number of phenolic OH excluding ortho intramolecular Hbond substituents is 3. The van der Waals surface area contributed by atoms with Gasteiger partial charge in [0.1, 0.15) is 85.4 Å². The van der Waals surface area contributed by atoms with Crippen LogP contribution in [0.3, 0.4) is 0 Å². The van der Waals surface area contributed by atoms with Gasteiger partial charge in [-0.1, -0.05) is 91.0 Å². The number of phenols is 3. The van der Waals surface area contributed by atoms with Crippen LogP contribution < -0.4 is 50.3 Å². The highest BCUT2D eigenvalue weighted by Crippen LogP contribution is 2.52. The lowest BCUT2D eigenvalue weighted by atomic mass is 9.84. The van der Waals surface area contributed by atoms with E-state index in [1.807, 2.05) is 237 Å². The van der Waals surface area contributed by atoms with Crippen LogP contribution in [-0.2, 0) is 0 Å². The van der Waals surface area contributed by atoms with Crippen LogP contribution in [0, 0.1) is 0 Å². The second kappa shape index (κ2) is 49.4. The quantitative estimate of drug-likeness (QED) is 0.0351. The standard InChI is InChI=1S/2C25H30N2O3.C24H29N3O3.2C24H29N3O2/c1-3-27(4-2)24(29)19-11-9-18(10-12-19)20-17-25(13-6-15-26-16-14-25)30-22-8-5-7-21(28)23(20)22;1-3-27(4-2)24(29)18-10-11-19(22(28)16-18)21-17-25(12-7-14-26-15-13-25)30-23-9-6-5-8-20(21)23;1-3-27(4-2)23(29)19-10-9-17(16-26-19)18-15-24(11-6-13-25-14-12-24)30-21-8-5-7-20(28)22(18)21;1-3-27(4-2)23(28)18-10-11-21(26-17-18)20-16-24(12-7-14-25-15-13-24)29-22-9-6-5-8-19(20)22;1-3-27(4-2)23(28)21-11-10-18(17-26-21)20-16-24(12-7-14-25-15-13-24)29-22-9-6-5-8-19(20)22/h5,7-12,17,26,28H,3-4,6,13-16H2,1-2H3;5-6,8-11,16-17,26,28H,3-4,7,12-15H2,1-2H3;5,7-10,15-16,25,28H,3-4,6,11-14H2,1-2H3;2*5-6,8-11,16-17,25H,3-4,7,12-15H2,1-2H3. The Morgan fingerprint density at radius 3 is 0.959 bits per heavy atom. The van der Waals surface area contributed by atoms with Crippen molar-refractivity contribution < 1.29 is 63.0 Å². The van der Waals surface area contributed by atoms with Crippen LogP contribution >= 0.6 is 0 Å². The number of hydrogen-bond donors (Lipinski definition) is 8. The zero-order valence-corrected chi connectivity index (χ0v) is 87.8. The third-order valence-electron chi connectivity index (χ3n) is 30.2. The van der Waals surface area contributed by atoms with Gasteiger partial charge in [0.15, 0.2) is 0 Å². The van der Waals surface area contributed by atoms with Gasteiger partial charge in [0.25, 0.3) is 29.5 Å². The topological polar surface area (TPSA) is 307 Å². The molecule has 7 aromatic carbocycles. The first-order chi connectivity index (χ1) is 72.0. The maximum Gasteiger partial charge on any atom is 0.272 e. The molecule has 5 spiro atoms. The van der Waals surface area contributed by atoms with Crippen LogP contribution in [0.5, 0.6) is 46.0 Å². The molecule has 10 aliphatic heterocycles. The Morgan fingerprint density at radius 1 is 0.270 bits per heavy atom. The minimum atomic E-state index is -0.407. The normalized spacial score (nSPS) is 20.8. The Labute approximate surface area is 872 Å². The molecule has 0 aliphatic carbocycles. The van der Waals surface area contributed by atoms with Crippen LogP contribution in [0.1, 0.15) is 273 Å². The molecule has 5 unspecified atom stereocenters. The molecule has 5 atom stereocenters. The van der Waals surface area contributed by atoms with E-state index in [0.717, 1.165) is 263 Å². The Balaban J connectivity index is 0.000000132. The molecule has 5 fully saturated rings. The highest BCUT2D eigenvalue weighted by Gasteiger charge is 2.44. The van der Waals surface area contributed by atoms with Gasteiger partial charge in [-0.05, 0) is 354 Å². The van der Waals surface area contributed by atoms with Gasteiger partial charge < -0.3 is 90.1 Å². The summed E-state index contributed by atoms with van der Waals surface area (Å²) in [5, 5.41) is 49.4. The van der Waals surface area contributed by atoms with Gasteiger partial charge in [-0.15, -0.1) is 0 Å². The number of nitrogens with zero attached hydrogens (tertiary/aromatic N) is 8. The van der Waals surface area contributed by atoms with Crippen molar-refractivity contribution in [1.29, 1.82) is 0 Å². The molecule has 20 rings (SSSR count). The Kier molecular flexibility index (Phi) is 35.7. The molecule has 10 aromatic rings. The van der Waals surface area contributed by atoms with Crippen LogP contribution in [-0.4, -0.2) is 243 Å².